The van der Waals surface area contributed by atoms with Crippen LogP contribution < -0.4 is 4.74 Å². The lowest BCUT2D eigenvalue weighted by molar-refractivity contribution is 0.397. The second-order valence-electron chi connectivity index (χ2n) is 5.23. The third-order valence-electron chi connectivity index (χ3n) is 2.73. The summed E-state index contributed by atoms with van der Waals surface area (Å²) >= 11 is 3.48. The Morgan fingerprint density at radius 2 is 2.22 bits per heavy atom. The largest absolute Gasteiger partial charge is 0.481 e. The van der Waals surface area contributed by atoms with Crippen LogP contribution >= 0.6 is 15.9 Å². The molecule has 1 aliphatic heterocycles. The SMILES string of the molecule is COc1cc(C2CN2[S@@](=O)C(C)(C)C)c(Br)cn1. The Morgan fingerprint density at radius 3 is 2.78 bits per heavy atom. The van der Waals surface area contributed by atoms with Crippen LogP contribution in [0, 0.1) is 0 Å². The molecular weight excluding hydrogens is 316 g/mol. The normalized spacial score (nSPS) is 24.7. The predicted molar refractivity (Wildman–Crippen MR) is 75.8 cm³/mol. The molecule has 0 amide bonds. The van der Waals surface area contributed by atoms with E-state index in [0.717, 1.165) is 16.6 Å². The maximum absolute atomic E-state index is 12.3. The molecule has 2 unspecified atom stereocenters. The first kappa shape index (κ1) is 14.0. The first-order valence-electron chi connectivity index (χ1n) is 5.72. The first-order chi connectivity index (χ1) is 8.34. The van der Waals surface area contributed by atoms with Gasteiger partial charge in [-0.05, 0) is 42.3 Å². The fraction of sp³-hybridized carbons (Fsp3) is 0.583. The third-order valence-corrected chi connectivity index (χ3v) is 5.27. The second kappa shape index (κ2) is 4.90. The minimum atomic E-state index is -0.974. The topological polar surface area (TPSA) is 42.2 Å². The van der Waals surface area contributed by atoms with Crippen LogP contribution in [0.1, 0.15) is 32.4 Å². The number of methoxy groups -OCH3 is 1. The number of hydrogen-bond acceptors (Lipinski definition) is 3. The number of hydrogen-bond donors (Lipinski definition) is 0. The van der Waals surface area contributed by atoms with Gasteiger partial charge in [-0.15, -0.1) is 0 Å². The van der Waals surface area contributed by atoms with Crippen LogP contribution in [-0.2, 0) is 11.0 Å². The summed E-state index contributed by atoms with van der Waals surface area (Å²) in [6, 6.07) is 2.09. The number of ether oxygens (including phenoxy) is 1. The summed E-state index contributed by atoms with van der Waals surface area (Å²) < 4.78 is 20.1. The van der Waals surface area contributed by atoms with E-state index in [-0.39, 0.29) is 10.8 Å². The molecule has 1 saturated heterocycles. The summed E-state index contributed by atoms with van der Waals surface area (Å²) in [5, 5.41) is 0. The molecule has 18 heavy (non-hydrogen) atoms. The van der Waals surface area contributed by atoms with E-state index in [9.17, 15) is 4.21 Å². The van der Waals surface area contributed by atoms with Crippen molar-refractivity contribution >= 4 is 26.9 Å². The molecule has 1 fully saturated rings. The molecule has 1 aliphatic rings. The summed E-state index contributed by atoms with van der Waals surface area (Å²) in [5.74, 6) is 0.585. The van der Waals surface area contributed by atoms with Gasteiger partial charge in [0.1, 0.15) is 11.0 Å². The molecule has 1 aromatic heterocycles. The number of halogens is 1. The Labute approximate surface area is 118 Å². The molecule has 0 bridgehead atoms. The predicted octanol–water partition coefficient (Wildman–Crippen LogP) is 2.67. The molecule has 4 nitrogen and oxygen atoms in total. The Balaban J connectivity index is 2.19. The van der Waals surface area contributed by atoms with Crippen molar-refractivity contribution in [1.29, 1.82) is 0 Å². The maximum Gasteiger partial charge on any atom is 0.213 e. The van der Waals surface area contributed by atoms with E-state index in [4.69, 9.17) is 4.74 Å². The number of pyridine rings is 1. The average molecular weight is 333 g/mol. The minimum absolute atomic E-state index is 0.191. The highest BCUT2D eigenvalue weighted by Crippen LogP contribution is 2.42. The minimum Gasteiger partial charge on any atom is -0.481 e. The summed E-state index contributed by atoms with van der Waals surface area (Å²) in [4.78, 5) is 4.12. The van der Waals surface area contributed by atoms with Gasteiger partial charge in [0.05, 0.1) is 17.9 Å². The van der Waals surface area contributed by atoms with Crippen molar-refractivity contribution in [2.24, 2.45) is 0 Å². The number of aromatic nitrogens is 1. The summed E-state index contributed by atoms with van der Waals surface area (Å²) in [7, 11) is 0.621. The smallest absolute Gasteiger partial charge is 0.213 e. The van der Waals surface area contributed by atoms with Gasteiger partial charge < -0.3 is 4.74 Å². The zero-order chi connectivity index (χ0) is 13.5. The van der Waals surface area contributed by atoms with E-state index in [0.29, 0.717) is 5.88 Å². The fourth-order valence-corrected chi connectivity index (χ4v) is 3.52. The first-order valence-corrected chi connectivity index (χ1v) is 7.62. The average Bonchev–Trinajstić information content (AvgIpc) is 3.07. The van der Waals surface area contributed by atoms with Gasteiger partial charge in [-0.25, -0.2) is 13.5 Å². The Kier molecular flexibility index (Phi) is 3.80. The molecular formula is C12H17BrN2O2S. The molecule has 2 rings (SSSR count). The molecule has 0 radical (unpaired) electrons. The van der Waals surface area contributed by atoms with E-state index in [1.54, 1.807) is 13.3 Å². The van der Waals surface area contributed by atoms with Crippen molar-refractivity contribution in [2.75, 3.05) is 13.7 Å². The van der Waals surface area contributed by atoms with Gasteiger partial charge in [0.2, 0.25) is 5.88 Å². The van der Waals surface area contributed by atoms with E-state index < -0.39 is 11.0 Å². The molecule has 1 aromatic rings. The van der Waals surface area contributed by atoms with Crippen LogP contribution in [0.15, 0.2) is 16.7 Å². The molecule has 0 aliphatic carbocycles. The Morgan fingerprint density at radius 1 is 1.56 bits per heavy atom. The van der Waals surface area contributed by atoms with Crippen molar-refractivity contribution in [2.45, 2.75) is 31.6 Å². The van der Waals surface area contributed by atoms with Crippen LogP contribution in [0.4, 0.5) is 0 Å². The molecule has 0 saturated carbocycles. The van der Waals surface area contributed by atoms with E-state index in [1.807, 2.05) is 31.1 Å². The van der Waals surface area contributed by atoms with Gasteiger partial charge in [-0.2, -0.15) is 0 Å². The van der Waals surface area contributed by atoms with Gasteiger partial charge >= 0.3 is 0 Å². The Bertz CT molecular complexity index is 487. The molecule has 0 aromatic carbocycles. The highest BCUT2D eigenvalue weighted by atomic mass is 79.9. The van der Waals surface area contributed by atoms with Crippen molar-refractivity contribution < 1.29 is 8.95 Å². The van der Waals surface area contributed by atoms with Gasteiger partial charge in [0, 0.05) is 23.3 Å². The maximum atomic E-state index is 12.3. The summed E-state index contributed by atoms with van der Waals surface area (Å²) in [5.41, 5.74) is 1.08. The van der Waals surface area contributed by atoms with E-state index in [1.165, 1.54) is 0 Å². The highest BCUT2D eigenvalue weighted by molar-refractivity contribution is 9.10. The highest BCUT2D eigenvalue weighted by Gasteiger charge is 2.44. The van der Waals surface area contributed by atoms with E-state index >= 15 is 0 Å². The van der Waals surface area contributed by atoms with Crippen molar-refractivity contribution in [3.63, 3.8) is 0 Å². The lowest BCUT2D eigenvalue weighted by Gasteiger charge is -2.18. The number of nitrogens with zero attached hydrogens (tertiary/aromatic N) is 2. The standard InChI is InChI=1S/C12H17BrN2O2S/c1-12(2,3)18(16)15-7-10(15)8-5-11(17-4)14-6-9(8)13/h5-6,10H,7H2,1-4H3/t10?,15?,18-/m0/s1. The zero-order valence-electron chi connectivity index (χ0n) is 10.9. The number of rotatable bonds is 3. The molecule has 0 N–H and O–H groups in total. The van der Waals surface area contributed by atoms with Crippen molar-refractivity contribution in [1.82, 2.24) is 9.29 Å². The fourth-order valence-electron chi connectivity index (χ4n) is 1.71. The molecule has 3 atom stereocenters. The van der Waals surface area contributed by atoms with Crippen LogP contribution in [0.25, 0.3) is 0 Å². The molecule has 2 heterocycles. The van der Waals surface area contributed by atoms with Gasteiger partial charge in [0.25, 0.3) is 0 Å². The lowest BCUT2D eigenvalue weighted by atomic mass is 10.2. The van der Waals surface area contributed by atoms with Crippen molar-refractivity contribution in [3.8, 4) is 5.88 Å². The zero-order valence-corrected chi connectivity index (χ0v) is 13.3. The van der Waals surface area contributed by atoms with Gasteiger partial charge in [0.15, 0.2) is 0 Å². The van der Waals surface area contributed by atoms with Gasteiger partial charge in [-0.1, -0.05) is 0 Å². The monoisotopic (exact) mass is 332 g/mol. The molecule has 100 valence electrons. The molecule has 0 spiro atoms. The summed E-state index contributed by atoms with van der Waals surface area (Å²) in [6.45, 7) is 6.78. The van der Waals surface area contributed by atoms with Crippen molar-refractivity contribution in [3.05, 3.63) is 22.3 Å². The third kappa shape index (κ3) is 2.75. The van der Waals surface area contributed by atoms with E-state index in [2.05, 4.69) is 20.9 Å². The van der Waals surface area contributed by atoms with Crippen LogP contribution in [-0.4, -0.2) is 31.9 Å². The quantitative estimate of drug-likeness (QED) is 0.799. The van der Waals surface area contributed by atoms with Crippen LogP contribution in [0.3, 0.4) is 0 Å². The van der Waals surface area contributed by atoms with Crippen LogP contribution in [0.5, 0.6) is 5.88 Å². The van der Waals surface area contributed by atoms with Gasteiger partial charge in [-0.3, -0.25) is 0 Å². The molecule has 6 heteroatoms. The van der Waals surface area contributed by atoms with Crippen LogP contribution in [0.2, 0.25) is 0 Å². The lowest BCUT2D eigenvalue weighted by Crippen LogP contribution is -2.27. The Hall–Kier alpha value is -0.460. The second-order valence-corrected chi connectivity index (χ2v) is 8.27. The summed E-state index contributed by atoms with van der Waals surface area (Å²) in [6.07, 6.45) is 1.73.